The molecule has 0 aromatic carbocycles. The average Bonchev–Trinajstić information content (AvgIpc) is 3.24. The van der Waals surface area contributed by atoms with Crippen molar-refractivity contribution in [2.45, 2.75) is 337 Å². The monoisotopic (exact) mass is 846 g/mol. The molecule has 2 unspecified atom stereocenters. The van der Waals surface area contributed by atoms with Gasteiger partial charge in [-0.3, -0.25) is 4.90 Å². The van der Waals surface area contributed by atoms with Crippen LogP contribution in [0.1, 0.15) is 330 Å². The highest BCUT2D eigenvalue weighted by Gasteiger charge is 2.19. The minimum absolute atomic E-state index is 0.310. The van der Waals surface area contributed by atoms with Crippen LogP contribution in [0.25, 0.3) is 0 Å². The van der Waals surface area contributed by atoms with Crippen molar-refractivity contribution < 1.29 is 5.11 Å². The van der Waals surface area contributed by atoms with E-state index in [4.69, 9.17) is 0 Å². The second-order valence-electron chi connectivity index (χ2n) is 21.1. The van der Waals surface area contributed by atoms with Crippen LogP contribution in [-0.4, -0.2) is 35.7 Å². The third kappa shape index (κ3) is 44.5. The first-order valence-electron chi connectivity index (χ1n) is 28.8. The Bertz CT molecular complexity index is 730. The van der Waals surface area contributed by atoms with E-state index < -0.39 is 0 Å². The van der Waals surface area contributed by atoms with Crippen LogP contribution in [0, 0.1) is 17.8 Å². The van der Waals surface area contributed by atoms with Crippen LogP contribution in [0.4, 0.5) is 0 Å². The fraction of sp³-hybridized carbons (Fsp3) is 1.00. The fourth-order valence-electron chi connectivity index (χ4n) is 10.2. The van der Waals surface area contributed by atoms with Gasteiger partial charge in [-0.25, -0.2) is 0 Å². The van der Waals surface area contributed by atoms with E-state index in [0.29, 0.717) is 12.6 Å². The van der Waals surface area contributed by atoms with Gasteiger partial charge in [0.05, 0.1) is 6.61 Å². The van der Waals surface area contributed by atoms with Crippen molar-refractivity contribution in [3.63, 3.8) is 0 Å². The third-order valence-electron chi connectivity index (χ3n) is 14.5. The highest BCUT2D eigenvalue weighted by atomic mass is 16.3. The number of unbranched alkanes of at least 4 members (excludes halogenated alkanes) is 32. The van der Waals surface area contributed by atoms with Gasteiger partial charge in [0.2, 0.25) is 0 Å². The molecule has 0 fully saturated rings. The number of hydrogen-bond acceptors (Lipinski definition) is 2. The largest absolute Gasteiger partial charge is 0.395 e. The highest BCUT2D eigenvalue weighted by molar-refractivity contribution is 4.74. The summed E-state index contributed by atoms with van der Waals surface area (Å²) in [5.41, 5.74) is 0. The SMILES string of the molecule is CCCCCCCCCCCCCCCCCCC(CCCCCCCCCCCCCCCCCC)CCCCC(CCC(C)CCCC(C)C)N(CCO)CCCC. The molecule has 2 atom stereocenters. The summed E-state index contributed by atoms with van der Waals surface area (Å²) in [6.07, 6.45) is 64.8. The molecule has 0 saturated carbocycles. The number of hydrogen-bond donors (Lipinski definition) is 1. The van der Waals surface area contributed by atoms with E-state index in [2.05, 4.69) is 46.4 Å². The molecule has 0 bridgehead atoms. The lowest BCUT2D eigenvalue weighted by Gasteiger charge is -2.32. The van der Waals surface area contributed by atoms with Gasteiger partial charge in [0.15, 0.2) is 0 Å². The Hall–Kier alpha value is -0.0800. The molecule has 2 heteroatoms. The lowest BCUT2D eigenvalue weighted by atomic mass is 9.88. The molecule has 0 aromatic rings. The van der Waals surface area contributed by atoms with Crippen molar-refractivity contribution in [3.8, 4) is 0 Å². The first-order valence-corrected chi connectivity index (χ1v) is 28.8. The number of nitrogens with zero attached hydrogens (tertiary/aromatic N) is 1. The van der Waals surface area contributed by atoms with Gasteiger partial charge in [-0.2, -0.15) is 0 Å². The van der Waals surface area contributed by atoms with Crippen molar-refractivity contribution in [2.75, 3.05) is 19.7 Å². The Kier molecular flexibility index (Phi) is 49.9. The van der Waals surface area contributed by atoms with Crippen LogP contribution in [0.2, 0.25) is 0 Å². The molecular formula is C58H119NO. The minimum atomic E-state index is 0.310. The molecule has 2 nitrogen and oxygen atoms in total. The van der Waals surface area contributed by atoms with Crippen LogP contribution in [0.3, 0.4) is 0 Å². The number of aliphatic hydroxyl groups excluding tert-OH is 1. The van der Waals surface area contributed by atoms with Gasteiger partial charge in [-0.15, -0.1) is 0 Å². The fourth-order valence-corrected chi connectivity index (χ4v) is 10.2. The van der Waals surface area contributed by atoms with Crippen molar-refractivity contribution in [2.24, 2.45) is 17.8 Å². The zero-order valence-corrected chi connectivity index (χ0v) is 43.1. The summed E-state index contributed by atoms with van der Waals surface area (Å²) < 4.78 is 0. The predicted molar refractivity (Wildman–Crippen MR) is 275 cm³/mol. The van der Waals surface area contributed by atoms with Crippen LogP contribution in [-0.2, 0) is 0 Å². The highest BCUT2D eigenvalue weighted by Crippen LogP contribution is 2.27. The summed E-state index contributed by atoms with van der Waals surface area (Å²) >= 11 is 0. The van der Waals surface area contributed by atoms with Crippen LogP contribution in [0.15, 0.2) is 0 Å². The smallest absolute Gasteiger partial charge is 0.0558 e. The molecule has 0 aromatic heterocycles. The summed E-state index contributed by atoms with van der Waals surface area (Å²) in [5.74, 6) is 2.62. The Morgan fingerprint density at radius 2 is 0.633 bits per heavy atom. The zero-order chi connectivity index (χ0) is 43.8. The molecule has 1 N–H and O–H groups in total. The van der Waals surface area contributed by atoms with Gasteiger partial charge in [0.25, 0.3) is 0 Å². The number of aliphatic hydroxyl groups is 1. The predicted octanol–water partition coefficient (Wildman–Crippen LogP) is 20.2. The van der Waals surface area contributed by atoms with E-state index >= 15 is 0 Å². The molecule has 0 aliphatic rings. The van der Waals surface area contributed by atoms with Crippen molar-refractivity contribution >= 4 is 0 Å². The van der Waals surface area contributed by atoms with Crippen molar-refractivity contribution in [3.05, 3.63) is 0 Å². The van der Waals surface area contributed by atoms with E-state index in [1.165, 1.54) is 295 Å². The van der Waals surface area contributed by atoms with Gasteiger partial charge in [-0.1, -0.05) is 305 Å². The molecular weight excluding hydrogens is 727 g/mol. The van der Waals surface area contributed by atoms with E-state index in [-0.39, 0.29) is 0 Å². The van der Waals surface area contributed by atoms with Crippen molar-refractivity contribution in [1.29, 1.82) is 0 Å². The molecule has 0 radical (unpaired) electrons. The molecule has 0 heterocycles. The quantitative estimate of drug-likeness (QED) is 0.0617. The van der Waals surface area contributed by atoms with Gasteiger partial charge in [-0.05, 0) is 50.0 Å². The molecule has 362 valence electrons. The summed E-state index contributed by atoms with van der Waals surface area (Å²) in [7, 11) is 0. The van der Waals surface area contributed by atoms with E-state index in [9.17, 15) is 5.11 Å². The summed E-state index contributed by atoms with van der Waals surface area (Å²) in [5, 5.41) is 10.0. The second kappa shape index (κ2) is 49.9. The van der Waals surface area contributed by atoms with E-state index in [0.717, 1.165) is 24.3 Å². The summed E-state index contributed by atoms with van der Waals surface area (Å²) in [6.45, 7) is 16.5. The third-order valence-corrected chi connectivity index (χ3v) is 14.5. The molecule has 0 aliphatic carbocycles. The lowest BCUT2D eigenvalue weighted by Crippen LogP contribution is -2.38. The maximum Gasteiger partial charge on any atom is 0.0558 e. The molecule has 0 rings (SSSR count). The zero-order valence-electron chi connectivity index (χ0n) is 43.1. The molecule has 0 amide bonds. The lowest BCUT2D eigenvalue weighted by molar-refractivity contribution is 0.128. The molecule has 0 saturated heterocycles. The van der Waals surface area contributed by atoms with Gasteiger partial charge in [0.1, 0.15) is 0 Å². The van der Waals surface area contributed by atoms with Gasteiger partial charge >= 0.3 is 0 Å². The van der Waals surface area contributed by atoms with Gasteiger partial charge < -0.3 is 5.11 Å². The van der Waals surface area contributed by atoms with E-state index in [1.807, 2.05) is 0 Å². The maximum absolute atomic E-state index is 10.0. The topological polar surface area (TPSA) is 23.5 Å². The summed E-state index contributed by atoms with van der Waals surface area (Å²) in [4.78, 5) is 2.69. The van der Waals surface area contributed by atoms with Crippen LogP contribution < -0.4 is 0 Å². The molecule has 0 aliphatic heterocycles. The second-order valence-corrected chi connectivity index (χ2v) is 21.1. The first kappa shape index (κ1) is 59.9. The maximum atomic E-state index is 10.0. The van der Waals surface area contributed by atoms with E-state index in [1.54, 1.807) is 0 Å². The normalized spacial score (nSPS) is 13.1. The van der Waals surface area contributed by atoms with Crippen LogP contribution >= 0.6 is 0 Å². The number of rotatable bonds is 52. The first-order chi connectivity index (χ1) is 29.5. The summed E-state index contributed by atoms with van der Waals surface area (Å²) in [6, 6.07) is 0.662. The Balaban J connectivity index is 4.65. The average molecular weight is 847 g/mol. The Morgan fingerprint density at radius 3 is 0.983 bits per heavy atom. The minimum Gasteiger partial charge on any atom is -0.395 e. The molecule has 60 heavy (non-hydrogen) atoms. The standard InChI is InChI=1S/C58H119NO/c1-7-10-13-15-17-19-21-23-25-27-29-31-33-35-37-39-46-57(47-40-38-36-34-32-30-28-26-24-22-20-18-16-14-11-8-2)48-41-42-49-58(59(53-54-60)52-12-9-3)51-50-56(6)45-43-44-55(4)5/h55-58,60H,7-54H2,1-6H3. The van der Waals surface area contributed by atoms with Crippen molar-refractivity contribution in [1.82, 2.24) is 4.90 Å². The molecule has 0 spiro atoms. The van der Waals surface area contributed by atoms with Crippen LogP contribution in [0.5, 0.6) is 0 Å². The Morgan fingerprint density at radius 1 is 0.300 bits per heavy atom. The van der Waals surface area contributed by atoms with Gasteiger partial charge in [0, 0.05) is 12.6 Å². The Labute approximate surface area is 382 Å².